The van der Waals surface area contributed by atoms with Gasteiger partial charge in [-0.05, 0) is 0 Å². The predicted molar refractivity (Wildman–Crippen MR) is 36.2 cm³/mol. The van der Waals surface area contributed by atoms with Crippen LogP contribution in [0.3, 0.4) is 0 Å². The molecule has 0 fully saturated rings. The molecule has 0 radical (unpaired) electrons. The third-order valence-corrected chi connectivity index (χ3v) is 0.956. The quantitative estimate of drug-likeness (QED) is 0.431. The molecule has 0 saturated heterocycles. The second-order valence-electron chi connectivity index (χ2n) is 2.05. The van der Waals surface area contributed by atoms with Crippen LogP contribution in [0.1, 0.15) is 6.42 Å². The number of aliphatic hydroxyl groups excluding tert-OH is 2. The van der Waals surface area contributed by atoms with E-state index in [-0.39, 0.29) is 26.2 Å². The molecule has 0 aromatic carbocycles. The Balaban J connectivity index is 3.22. The number of carboxylic acid groups (broad SMARTS) is 1. The smallest absolute Gasteiger partial charge is 0.306 e. The molecule has 0 rings (SSSR count). The number of hydrogen-bond donors (Lipinski definition) is 3. The molecule has 0 heterocycles. The van der Waals surface area contributed by atoms with E-state index in [0.29, 0.717) is 0 Å². The molecule has 0 aliphatic rings. The molecular weight excluding hydrogens is 152 g/mol. The zero-order valence-corrected chi connectivity index (χ0v) is 6.06. The van der Waals surface area contributed by atoms with Crippen LogP contribution in [0.15, 0.2) is 0 Å². The van der Waals surface area contributed by atoms with Crippen molar-refractivity contribution in [3.8, 4) is 0 Å². The Labute approximate surface area is 64.2 Å². The molecule has 0 spiro atoms. The number of ether oxygens (including phenoxy) is 1. The molecule has 5 heteroatoms. The zero-order chi connectivity index (χ0) is 8.69. The van der Waals surface area contributed by atoms with Crippen LogP contribution in [0, 0.1) is 0 Å². The predicted octanol–water partition coefficient (Wildman–Crippen LogP) is -1.17. The maximum atomic E-state index is 9.98. The molecule has 0 amide bonds. The van der Waals surface area contributed by atoms with E-state index in [1.807, 2.05) is 0 Å². The van der Waals surface area contributed by atoms with Gasteiger partial charge in [0.05, 0.1) is 32.3 Å². The summed E-state index contributed by atoms with van der Waals surface area (Å²) in [6, 6.07) is 0. The lowest BCUT2D eigenvalue weighted by Crippen LogP contribution is -2.20. The van der Waals surface area contributed by atoms with Gasteiger partial charge in [0.1, 0.15) is 0 Å². The first-order valence-electron chi connectivity index (χ1n) is 3.25. The summed E-state index contributed by atoms with van der Waals surface area (Å²) in [6.45, 7) is -0.0523. The van der Waals surface area contributed by atoms with Crippen molar-refractivity contribution >= 4 is 5.97 Å². The van der Waals surface area contributed by atoms with E-state index >= 15 is 0 Å². The second kappa shape index (κ2) is 6.09. The van der Waals surface area contributed by atoms with Crippen molar-refractivity contribution in [2.24, 2.45) is 0 Å². The van der Waals surface area contributed by atoms with Crippen LogP contribution < -0.4 is 0 Å². The average Bonchev–Trinajstić information content (AvgIpc) is 1.86. The number of rotatable bonds is 6. The highest BCUT2D eigenvalue weighted by molar-refractivity contribution is 5.67. The summed E-state index contributed by atoms with van der Waals surface area (Å²) in [5.41, 5.74) is 0. The molecule has 0 aliphatic heterocycles. The summed E-state index contributed by atoms with van der Waals surface area (Å²) in [5.74, 6) is -1.06. The standard InChI is InChI=1S/C6H12O5/c7-1-2-11-4-5(8)3-6(9)10/h5,7-8H,1-4H2,(H,9,10). The Bertz CT molecular complexity index is 114. The van der Waals surface area contributed by atoms with Crippen molar-refractivity contribution in [3.63, 3.8) is 0 Å². The highest BCUT2D eigenvalue weighted by Crippen LogP contribution is 1.91. The second-order valence-corrected chi connectivity index (χ2v) is 2.05. The number of carboxylic acids is 1. The maximum Gasteiger partial charge on any atom is 0.306 e. The average molecular weight is 164 g/mol. The van der Waals surface area contributed by atoms with E-state index in [4.69, 9.17) is 15.3 Å². The first kappa shape index (κ1) is 10.3. The number of aliphatic carboxylic acids is 1. The number of carbonyl (C=O) groups is 1. The first-order valence-corrected chi connectivity index (χ1v) is 3.25. The van der Waals surface area contributed by atoms with Crippen molar-refractivity contribution in [2.45, 2.75) is 12.5 Å². The highest BCUT2D eigenvalue weighted by atomic mass is 16.5. The van der Waals surface area contributed by atoms with Gasteiger partial charge in [-0.25, -0.2) is 0 Å². The fourth-order valence-electron chi connectivity index (χ4n) is 0.544. The van der Waals surface area contributed by atoms with E-state index in [0.717, 1.165) is 0 Å². The fraction of sp³-hybridized carbons (Fsp3) is 0.833. The zero-order valence-electron chi connectivity index (χ0n) is 6.06. The Hall–Kier alpha value is -0.650. The summed E-state index contributed by atoms with van der Waals surface area (Å²) in [4.78, 5) is 9.98. The molecular formula is C6H12O5. The van der Waals surface area contributed by atoms with Crippen molar-refractivity contribution in [3.05, 3.63) is 0 Å². The van der Waals surface area contributed by atoms with Crippen molar-refractivity contribution < 1.29 is 24.9 Å². The van der Waals surface area contributed by atoms with Gasteiger partial charge in [-0.1, -0.05) is 0 Å². The third kappa shape index (κ3) is 7.24. The normalized spacial score (nSPS) is 12.9. The molecule has 1 unspecified atom stereocenters. The Morgan fingerprint density at radius 2 is 2.18 bits per heavy atom. The lowest BCUT2D eigenvalue weighted by Gasteiger charge is -2.06. The Morgan fingerprint density at radius 1 is 1.55 bits per heavy atom. The summed E-state index contributed by atoms with van der Waals surface area (Å²) in [5, 5.41) is 25.3. The van der Waals surface area contributed by atoms with E-state index < -0.39 is 12.1 Å². The molecule has 1 atom stereocenters. The monoisotopic (exact) mass is 164 g/mol. The van der Waals surface area contributed by atoms with E-state index in [2.05, 4.69) is 4.74 Å². The number of aliphatic hydroxyl groups is 2. The maximum absolute atomic E-state index is 9.98. The minimum atomic E-state index is -1.06. The van der Waals surface area contributed by atoms with E-state index in [1.54, 1.807) is 0 Å². The minimum absolute atomic E-state index is 0.0487. The Kier molecular flexibility index (Phi) is 5.73. The van der Waals surface area contributed by atoms with Crippen LogP contribution in [0.2, 0.25) is 0 Å². The SMILES string of the molecule is O=C(O)CC(O)COCCO. The fourth-order valence-corrected chi connectivity index (χ4v) is 0.544. The lowest BCUT2D eigenvalue weighted by atomic mass is 10.3. The van der Waals surface area contributed by atoms with E-state index in [1.165, 1.54) is 0 Å². The molecule has 5 nitrogen and oxygen atoms in total. The van der Waals surface area contributed by atoms with Gasteiger partial charge in [-0.2, -0.15) is 0 Å². The van der Waals surface area contributed by atoms with Crippen molar-refractivity contribution in [1.82, 2.24) is 0 Å². The van der Waals surface area contributed by atoms with Crippen LogP contribution in [-0.4, -0.2) is 47.2 Å². The summed E-state index contributed by atoms with van der Waals surface area (Å²) in [7, 11) is 0. The van der Waals surface area contributed by atoms with Gasteiger partial charge in [0.15, 0.2) is 0 Å². The largest absolute Gasteiger partial charge is 0.481 e. The molecule has 3 N–H and O–H groups in total. The molecule has 11 heavy (non-hydrogen) atoms. The molecule has 0 aromatic heterocycles. The summed E-state index contributed by atoms with van der Waals surface area (Å²) < 4.78 is 4.68. The third-order valence-electron chi connectivity index (χ3n) is 0.956. The van der Waals surface area contributed by atoms with Gasteiger partial charge in [-0.3, -0.25) is 4.79 Å². The number of hydrogen-bond acceptors (Lipinski definition) is 4. The van der Waals surface area contributed by atoms with Gasteiger partial charge in [0.2, 0.25) is 0 Å². The van der Waals surface area contributed by atoms with Crippen LogP contribution in [0.4, 0.5) is 0 Å². The van der Waals surface area contributed by atoms with Gasteiger partial charge < -0.3 is 20.1 Å². The van der Waals surface area contributed by atoms with Gasteiger partial charge in [0, 0.05) is 0 Å². The lowest BCUT2D eigenvalue weighted by molar-refractivity contribution is -0.140. The topological polar surface area (TPSA) is 87.0 Å². The summed E-state index contributed by atoms with van der Waals surface area (Å²) >= 11 is 0. The molecule has 0 aliphatic carbocycles. The van der Waals surface area contributed by atoms with Gasteiger partial charge in [-0.15, -0.1) is 0 Å². The highest BCUT2D eigenvalue weighted by Gasteiger charge is 2.08. The molecule has 66 valence electrons. The first-order chi connectivity index (χ1) is 5.16. The Morgan fingerprint density at radius 3 is 2.64 bits per heavy atom. The molecule has 0 bridgehead atoms. The van der Waals surface area contributed by atoms with Crippen molar-refractivity contribution in [1.29, 1.82) is 0 Å². The molecule has 0 aromatic rings. The van der Waals surface area contributed by atoms with Crippen LogP contribution in [-0.2, 0) is 9.53 Å². The van der Waals surface area contributed by atoms with Crippen LogP contribution in [0.25, 0.3) is 0 Å². The van der Waals surface area contributed by atoms with E-state index in [9.17, 15) is 4.79 Å². The van der Waals surface area contributed by atoms with Gasteiger partial charge in [0.25, 0.3) is 0 Å². The molecule has 0 saturated carbocycles. The minimum Gasteiger partial charge on any atom is -0.481 e. The van der Waals surface area contributed by atoms with Crippen LogP contribution >= 0.6 is 0 Å². The van der Waals surface area contributed by atoms with Crippen molar-refractivity contribution in [2.75, 3.05) is 19.8 Å². The summed E-state index contributed by atoms with van der Waals surface area (Å²) in [6.07, 6.45) is -1.31. The van der Waals surface area contributed by atoms with Crippen LogP contribution in [0.5, 0.6) is 0 Å². The van der Waals surface area contributed by atoms with Gasteiger partial charge >= 0.3 is 5.97 Å².